The summed E-state index contributed by atoms with van der Waals surface area (Å²) in [4.78, 5) is 6.70. The van der Waals surface area contributed by atoms with Crippen LogP contribution in [0.25, 0.3) is 0 Å². The van der Waals surface area contributed by atoms with Crippen molar-refractivity contribution in [3.63, 3.8) is 0 Å². The lowest BCUT2D eigenvalue weighted by molar-refractivity contribution is 0.282. The van der Waals surface area contributed by atoms with E-state index >= 15 is 0 Å². The Morgan fingerprint density at radius 1 is 1.04 bits per heavy atom. The lowest BCUT2D eigenvalue weighted by Gasteiger charge is -2.20. The van der Waals surface area contributed by atoms with E-state index in [-0.39, 0.29) is 5.75 Å². The molecule has 0 saturated carbocycles. The van der Waals surface area contributed by atoms with Gasteiger partial charge in [-0.1, -0.05) is 43.2 Å². The molecule has 0 atom stereocenters. The van der Waals surface area contributed by atoms with E-state index in [1.165, 1.54) is 38.8 Å². The van der Waals surface area contributed by atoms with Gasteiger partial charge in [-0.05, 0) is 44.5 Å². The molecule has 1 aromatic carbocycles. The fourth-order valence-electron chi connectivity index (χ4n) is 3.25. The summed E-state index contributed by atoms with van der Waals surface area (Å²) >= 11 is 0. The lowest BCUT2D eigenvalue weighted by atomic mass is 10.2. The second-order valence-electron chi connectivity index (χ2n) is 7.16. The quantitative estimate of drug-likeness (QED) is 0.310. The Kier molecular flexibility index (Phi) is 10.3. The van der Waals surface area contributed by atoms with Gasteiger partial charge in [0.05, 0.1) is 5.75 Å². The predicted octanol–water partition coefficient (Wildman–Crippen LogP) is 1.54. The average Bonchev–Trinajstić information content (AvgIpc) is 2.98. The van der Waals surface area contributed by atoms with Crippen LogP contribution in [0.5, 0.6) is 0 Å². The minimum absolute atomic E-state index is 0.00825. The van der Waals surface area contributed by atoms with Crippen LogP contribution in [0.3, 0.4) is 0 Å². The number of sulfonamides is 1. The Hall–Kier alpha value is -1.64. The molecule has 1 aliphatic heterocycles. The number of hydrogen-bond acceptors (Lipinski definition) is 4. The van der Waals surface area contributed by atoms with Crippen molar-refractivity contribution in [2.75, 3.05) is 45.5 Å². The summed E-state index contributed by atoms with van der Waals surface area (Å²) in [7, 11) is -1.63. The van der Waals surface area contributed by atoms with E-state index in [1.807, 2.05) is 30.3 Å². The molecule has 3 N–H and O–H groups in total. The third-order valence-electron chi connectivity index (χ3n) is 4.87. The number of hydrogen-bond donors (Lipinski definition) is 3. The number of nitrogens with zero attached hydrogens (tertiary/aromatic N) is 2. The summed E-state index contributed by atoms with van der Waals surface area (Å²) in [6.07, 6.45) is 6.38. The number of rotatable bonds is 10. The first-order valence-electron chi connectivity index (χ1n) is 10.3. The van der Waals surface area contributed by atoms with Gasteiger partial charge in [0.25, 0.3) is 0 Å². The van der Waals surface area contributed by atoms with E-state index in [1.54, 1.807) is 7.05 Å². The van der Waals surface area contributed by atoms with Crippen LogP contribution in [0, 0.1) is 0 Å². The normalized spacial score (nSPS) is 16.5. The highest BCUT2D eigenvalue weighted by Crippen LogP contribution is 2.09. The van der Waals surface area contributed by atoms with Gasteiger partial charge in [0.15, 0.2) is 5.96 Å². The predicted molar refractivity (Wildman–Crippen MR) is 116 cm³/mol. The summed E-state index contributed by atoms with van der Waals surface area (Å²) in [6.45, 7) is 4.97. The van der Waals surface area contributed by atoms with Crippen LogP contribution < -0.4 is 15.4 Å². The van der Waals surface area contributed by atoms with Gasteiger partial charge < -0.3 is 15.5 Å². The topological polar surface area (TPSA) is 85.8 Å². The molecule has 1 fully saturated rings. The second kappa shape index (κ2) is 12.7. The minimum Gasteiger partial charge on any atom is -0.356 e. The standard InChI is InChI=1S/C20H35N5O2S/c1-21-20(22-12-9-16-25-14-7-2-3-8-15-25)23-13-17-28(26,27)24-18-19-10-5-4-6-11-19/h4-6,10-11,24H,2-3,7-9,12-18H2,1H3,(H2,21,22,23). The Bertz CT molecular complexity index is 671. The molecule has 0 aliphatic carbocycles. The third kappa shape index (κ3) is 9.52. The molecular formula is C20H35N5O2S. The molecule has 1 aromatic rings. The first-order valence-corrected chi connectivity index (χ1v) is 11.9. The molecule has 0 bridgehead atoms. The number of likely N-dealkylation sites (tertiary alicyclic amines) is 1. The van der Waals surface area contributed by atoms with Crippen LogP contribution in [-0.4, -0.2) is 64.8 Å². The zero-order chi connectivity index (χ0) is 20.1. The molecule has 0 spiro atoms. The van der Waals surface area contributed by atoms with Gasteiger partial charge in [0.1, 0.15) is 0 Å². The highest BCUT2D eigenvalue weighted by Gasteiger charge is 2.11. The van der Waals surface area contributed by atoms with E-state index in [2.05, 4.69) is 25.2 Å². The Morgan fingerprint density at radius 3 is 2.39 bits per heavy atom. The number of benzene rings is 1. The smallest absolute Gasteiger partial charge is 0.213 e. The molecule has 1 aliphatic rings. The lowest BCUT2D eigenvalue weighted by Crippen LogP contribution is -2.42. The first-order chi connectivity index (χ1) is 13.6. The molecule has 1 saturated heterocycles. The number of nitrogens with one attached hydrogen (secondary N) is 3. The van der Waals surface area contributed by atoms with E-state index in [9.17, 15) is 8.42 Å². The van der Waals surface area contributed by atoms with Gasteiger partial charge in [-0.2, -0.15) is 0 Å². The largest absolute Gasteiger partial charge is 0.356 e. The van der Waals surface area contributed by atoms with Crippen LogP contribution in [0.4, 0.5) is 0 Å². The average molecular weight is 410 g/mol. The maximum atomic E-state index is 12.1. The minimum atomic E-state index is -3.33. The Morgan fingerprint density at radius 2 is 1.71 bits per heavy atom. The van der Waals surface area contributed by atoms with Gasteiger partial charge in [-0.3, -0.25) is 4.99 Å². The third-order valence-corrected chi connectivity index (χ3v) is 6.19. The fourth-order valence-corrected chi connectivity index (χ4v) is 4.16. The molecule has 0 unspecified atom stereocenters. The van der Waals surface area contributed by atoms with Crippen molar-refractivity contribution < 1.29 is 8.42 Å². The van der Waals surface area contributed by atoms with Crippen LogP contribution >= 0.6 is 0 Å². The van der Waals surface area contributed by atoms with Crippen molar-refractivity contribution in [2.24, 2.45) is 4.99 Å². The molecule has 8 heteroatoms. The summed E-state index contributed by atoms with van der Waals surface area (Å²) in [5, 5.41) is 6.34. The fraction of sp³-hybridized carbons (Fsp3) is 0.650. The highest BCUT2D eigenvalue weighted by atomic mass is 32.2. The van der Waals surface area contributed by atoms with E-state index < -0.39 is 10.0 Å². The summed E-state index contributed by atoms with van der Waals surface area (Å²) in [5.41, 5.74) is 0.945. The van der Waals surface area contributed by atoms with Crippen LogP contribution in [0.1, 0.15) is 37.7 Å². The maximum Gasteiger partial charge on any atom is 0.213 e. The van der Waals surface area contributed by atoms with Gasteiger partial charge in [0, 0.05) is 26.7 Å². The number of guanidine groups is 1. The molecule has 158 valence electrons. The summed E-state index contributed by atoms with van der Waals surface area (Å²) in [6, 6.07) is 9.51. The SMILES string of the molecule is CN=C(NCCCN1CCCCCC1)NCCS(=O)(=O)NCc1ccccc1. The maximum absolute atomic E-state index is 12.1. The Balaban J connectivity index is 1.59. The Labute approximate surface area is 170 Å². The van der Waals surface area contributed by atoms with Crippen LogP contribution in [-0.2, 0) is 16.6 Å². The zero-order valence-corrected chi connectivity index (χ0v) is 17.8. The highest BCUT2D eigenvalue weighted by molar-refractivity contribution is 7.89. The summed E-state index contributed by atoms with van der Waals surface area (Å²) < 4.78 is 26.9. The van der Waals surface area contributed by atoms with Gasteiger partial charge in [-0.15, -0.1) is 0 Å². The van der Waals surface area contributed by atoms with Gasteiger partial charge in [-0.25, -0.2) is 13.1 Å². The zero-order valence-electron chi connectivity index (χ0n) is 17.0. The van der Waals surface area contributed by atoms with Crippen LogP contribution in [0.2, 0.25) is 0 Å². The van der Waals surface area contributed by atoms with Crippen LogP contribution in [0.15, 0.2) is 35.3 Å². The van der Waals surface area contributed by atoms with Crippen molar-refractivity contribution in [2.45, 2.75) is 38.6 Å². The molecular weight excluding hydrogens is 374 g/mol. The first kappa shape index (κ1) is 22.6. The summed E-state index contributed by atoms with van der Waals surface area (Å²) in [5.74, 6) is 0.656. The molecule has 1 heterocycles. The molecule has 0 aromatic heterocycles. The van der Waals surface area contributed by atoms with Gasteiger partial charge >= 0.3 is 0 Å². The number of aliphatic imine (C=N–C) groups is 1. The van der Waals surface area contributed by atoms with E-state index in [0.29, 0.717) is 19.0 Å². The van der Waals surface area contributed by atoms with E-state index in [0.717, 1.165) is 25.1 Å². The van der Waals surface area contributed by atoms with Crippen molar-refractivity contribution in [1.82, 2.24) is 20.3 Å². The van der Waals surface area contributed by atoms with Gasteiger partial charge in [0.2, 0.25) is 10.0 Å². The van der Waals surface area contributed by atoms with Crippen molar-refractivity contribution in [3.8, 4) is 0 Å². The van der Waals surface area contributed by atoms with Crippen molar-refractivity contribution in [1.29, 1.82) is 0 Å². The molecule has 2 rings (SSSR count). The second-order valence-corrected chi connectivity index (χ2v) is 9.09. The molecule has 7 nitrogen and oxygen atoms in total. The van der Waals surface area contributed by atoms with Crippen molar-refractivity contribution >= 4 is 16.0 Å². The molecule has 0 radical (unpaired) electrons. The molecule has 28 heavy (non-hydrogen) atoms. The van der Waals surface area contributed by atoms with E-state index in [4.69, 9.17) is 0 Å². The monoisotopic (exact) mass is 409 g/mol. The molecule has 0 amide bonds. The van der Waals surface area contributed by atoms with Crippen molar-refractivity contribution in [3.05, 3.63) is 35.9 Å².